The lowest BCUT2D eigenvalue weighted by atomic mass is 10.1. The second kappa shape index (κ2) is 5.85. The van der Waals surface area contributed by atoms with E-state index in [-0.39, 0.29) is 11.6 Å². The van der Waals surface area contributed by atoms with Crippen molar-refractivity contribution in [3.8, 4) is 5.75 Å². The number of carbonyl (C=O) groups excluding carboxylic acids is 1. The summed E-state index contributed by atoms with van der Waals surface area (Å²) in [5, 5.41) is 0. The minimum absolute atomic E-state index is 0.265. The molecule has 0 aliphatic carbocycles. The molecule has 1 aliphatic heterocycles. The summed E-state index contributed by atoms with van der Waals surface area (Å²) in [4.78, 5) is 16.3. The number of aryl methyl sites for hydroxylation is 1. The first-order valence-electron chi connectivity index (χ1n) is 6.90. The quantitative estimate of drug-likeness (QED) is 0.644. The molecule has 4 heteroatoms. The molecule has 0 bridgehead atoms. The van der Waals surface area contributed by atoms with Crippen LogP contribution in [0.1, 0.15) is 16.7 Å². The summed E-state index contributed by atoms with van der Waals surface area (Å²) in [6.45, 7) is 2.01. The van der Waals surface area contributed by atoms with Gasteiger partial charge in [0.05, 0.1) is 12.7 Å². The van der Waals surface area contributed by atoms with Gasteiger partial charge < -0.3 is 9.47 Å². The van der Waals surface area contributed by atoms with Crippen LogP contribution in [-0.4, -0.2) is 19.0 Å². The van der Waals surface area contributed by atoms with Crippen molar-refractivity contribution in [1.29, 1.82) is 0 Å². The maximum atomic E-state index is 12.0. The number of aliphatic imine (C=N–C) groups is 1. The molecule has 4 nitrogen and oxygen atoms in total. The SMILES string of the molecule is COc1ccccc1C1=N/C(=C\c2ccc(C)cc2)C(=O)O1. The van der Waals surface area contributed by atoms with Crippen molar-refractivity contribution in [2.75, 3.05) is 7.11 Å². The van der Waals surface area contributed by atoms with E-state index >= 15 is 0 Å². The number of benzene rings is 2. The van der Waals surface area contributed by atoms with E-state index in [2.05, 4.69) is 4.99 Å². The summed E-state index contributed by atoms with van der Waals surface area (Å²) in [6.07, 6.45) is 1.71. The summed E-state index contributed by atoms with van der Waals surface area (Å²) in [7, 11) is 1.57. The van der Waals surface area contributed by atoms with Gasteiger partial charge in [0.1, 0.15) is 5.75 Å². The summed E-state index contributed by atoms with van der Waals surface area (Å²) in [6, 6.07) is 15.1. The first kappa shape index (κ1) is 14.1. The van der Waals surface area contributed by atoms with Crippen LogP contribution in [0.4, 0.5) is 0 Å². The maximum absolute atomic E-state index is 12.0. The maximum Gasteiger partial charge on any atom is 0.363 e. The number of nitrogens with zero attached hydrogens (tertiary/aromatic N) is 1. The average molecular weight is 293 g/mol. The third-order valence-corrected chi connectivity index (χ3v) is 3.34. The van der Waals surface area contributed by atoms with Crippen LogP contribution >= 0.6 is 0 Å². The van der Waals surface area contributed by atoms with Crippen LogP contribution < -0.4 is 4.74 Å². The fourth-order valence-electron chi connectivity index (χ4n) is 2.17. The van der Waals surface area contributed by atoms with E-state index in [9.17, 15) is 4.79 Å². The second-order valence-electron chi connectivity index (χ2n) is 4.95. The third-order valence-electron chi connectivity index (χ3n) is 3.34. The highest BCUT2D eigenvalue weighted by molar-refractivity contribution is 6.13. The predicted octanol–water partition coefficient (Wildman–Crippen LogP) is 3.35. The molecule has 22 heavy (non-hydrogen) atoms. The Labute approximate surface area is 128 Å². The van der Waals surface area contributed by atoms with Gasteiger partial charge in [-0.15, -0.1) is 0 Å². The standard InChI is InChI=1S/C18H15NO3/c1-12-7-9-13(10-8-12)11-15-18(20)22-17(19-15)14-5-3-4-6-16(14)21-2/h3-11H,1-2H3/b15-11-. The predicted molar refractivity (Wildman–Crippen MR) is 84.8 cm³/mol. The van der Waals surface area contributed by atoms with E-state index in [1.165, 1.54) is 0 Å². The molecule has 3 rings (SSSR count). The van der Waals surface area contributed by atoms with Crippen molar-refractivity contribution >= 4 is 17.9 Å². The largest absolute Gasteiger partial charge is 0.496 e. The Morgan fingerprint density at radius 3 is 2.55 bits per heavy atom. The summed E-state index contributed by atoms with van der Waals surface area (Å²) >= 11 is 0. The molecule has 0 spiro atoms. The molecule has 0 saturated heterocycles. The van der Waals surface area contributed by atoms with Gasteiger partial charge in [-0.2, -0.15) is 0 Å². The van der Waals surface area contributed by atoms with Gasteiger partial charge >= 0.3 is 5.97 Å². The highest BCUT2D eigenvalue weighted by atomic mass is 16.6. The Balaban J connectivity index is 1.96. The number of carbonyl (C=O) groups is 1. The lowest BCUT2D eigenvalue weighted by Gasteiger charge is -2.05. The first-order valence-corrected chi connectivity index (χ1v) is 6.90. The number of esters is 1. The van der Waals surface area contributed by atoms with Crippen LogP contribution in [0.25, 0.3) is 6.08 Å². The zero-order valence-corrected chi connectivity index (χ0v) is 12.4. The minimum Gasteiger partial charge on any atom is -0.496 e. The van der Waals surface area contributed by atoms with Crippen LogP contribution in [0.5, 0.6) is 5.75 Å². The van der Waals surface area contributed by atoms with Gasteiger partial charge in [-0.05, 0) is 30.7 Å². The monoisotopic (exact) mass is 293 g/mol. The van der Waals surface area contributed by atoms with Crippen molar-refractivity contribution < 1.29 is 14.3 Å². The van der Waals surface area contributed by atoms with Gasteiger partial charge in [0.25, 0.3) is 0 Å². The van der Waals surface area contributed by atoms with E-state index in [1.54, 1.807) is 25.3 Å². The van der Waals surface area contributed by atoms with E-state index in [0.29, 0.717) is 11.3 Å². The number of rotatable bonds is 3. The summed E-state index contributed by atoms with van der Waals surface area (Å²) in [5.41, 5.74) is 3.01. The molecule has 0 atom stereocenters. The van der Waals surface area contributed by atoms with Gasteiger partial charge in [-0.1, -0.05) is 42.0 Å². The number of cyclic esters (lactones) is 1. The lowest BCUT2D eigenvalue weighted by molar-refractivity contribution is -0.129. The molecule has 2 aromatic carbocycles. The number of ether oxygens (including phenoxy) is 2. The molecule has 0 N–H and O–H groups in total. The third kappa shape index (κ3) is 2.76. The Bertz CT molecular complexity index is 773. The van der Waals surface area contributed by atoms with Crippen LogP contribution in [0, 0.1) is 6.92 Å². The molecule has 0 fully saturated rings. The smallest absolute Gasteiger partial charge is 0.363 e. The van der Waals surface area contributed by atoms with Crippen molar-refractivity contribution in [3.63, 3.8) is 0 Å². The molecular formula is C18H15NO3. The van der Waals surface area contributed by atoms with Crippen molar-refractivity contribution in [1.82, 2.24) is 0 Å². The van der Waals surface area contributed by atoms with Crippen molar-refractivity contribution in [2.24, 2.45) is 4.99 Å². The highest BCUT2D eigenvalue weighted by Crippen LogP contribution is 2.24. The number of hydrogen-bond acceptors (Lipinski definition) is 4. The Morgan fingerprint density at radius 2 is 1.82 bits per heavy atom. The fraction of sp³-hybridized carbons (Fsp3) is 0.111. The Hall–Kier alpha value is -2.88. The molecule has 0 saturated carbocycles. The van der Waals surface area contributed by atoms with Crippen LogP contribution in [0.3, 0.4) is 0 Å². The number of hydrogen-bond donors (Lipinski definition) is 0. The van der Waals surface area contributed by atoms with E-state index in [1.807, 2.05) is 43.3 Å². The average Bonchev–Trinajstić information content (AvgIpc) is 2.90. The van der Waals surface area contributed by atoms with Gasteiger partial charge in [-0.3, -0.25) is 0 Å². The zero-order chi connectivity index (χ0) is 15.5. The van der Waals surface area contributed by atoms with Crippen molar-refractivity contribution in [2.45, 2.75) is 6.92 Å². The van der Waals surface area contributed by atoms with Gasteiger partial charge in [-0.25, -0.2) is 9.79 Å². The Kier molecular flexibility index (Phi) is 3.74. The van der Waals surface area contributed by atoms with E-state index in [4.69, 9.17) is 9.47 Å². The molecule has 1 heterocycles. The second-order valence-corrected chi connectivity index (χ2v) is 4.95. The van der Waals surface area contributed by atoms with E-state index < -0.39 is 5.97 Å². The van der Waals surface area contributed by atoms with Gasteiger partial charge in [0.15, 0.2) is 5.70 Å². The number of methoxy groups -OCH3 is 1. The normalized spacial score (nSPS) is 15.6. The van der Waals surface area contributed by atoms with Gasteiger partial charge in [0, 0.05) is 0 Å². The molecule has 0 radical (unpaired) electrons. The van der Waals surface area contributed by atoms with Crippen LogP contribution in [0.2, 0.25) is 0 Å². The number of para-hydroxylation sites is 1. The molecule has 0 unspecified atom stereocenters. The molecule has 1 aliphatic rings. The fourth-order valence-corrected chi connectivity index (χ4v) is 2.17. The molecule has 2 aromatic rings. The van der Waals surface area contributed by atoms with E-state index in [0.717, 1.165) is 11.1 Å². The molecule has 110 valence electrons. The highest BCUT2D eigenvalue weighted by Gasteiger charge is 2.25. The summed E-state index contributed by atoms with van der Waals surface area (Å²) in [5.74, 6) is 0.424. The van der Waals surface area contributed by atoms with Crippen molar-refractivity contribution in [3.05, 3.63) is 70.9 Å². The Morgan fingerprint density at radius 1 is 1.09 bits per heavy atom. The molecular weight excluding hydrogens is 278 g/mol. The molecule has 0 aromatic heterocycles. The minimum atomic E-state index is -0.457. The summed E-state index contributed by atoms with van der Waals surface area (Å²) < 4.78 is 10.5. The van der Waals surface area contributed by atoms with Crippen LogP contribution in [0.15, 0.2) is 59.2 Å². The van der Waals surface area contributed by atoms with Crippen LogP contribution in [-0.2, 0) is 9.53 Å². The topological polar surface area (TPSA) is 47.9 Å². The lowest BCUT2D eigenvalue weighted by Crippen LogP contribution is -2.06. The first-order chi connectivity index (χ1) is 10.7. The molecule has 0 amide bonds. The zero-order valence-electron chi connectivity index (χ0n) is 12.4. The van der Waals surface area contributed by atoms with Gasteiger partial charge in [0.2, 0.25) is 5.90 Å².